The quantitative estimate of drug-likeness (QED) is 0.452. The number of amides is 1. The van der Waals surface area contributed by atoms with Crippen LogP contribution in [0.5, 0.6) is 11.5 Å². The fourth-order valence-corrected chi connectivity index (χ4v) is 3.08. The molecule has 6 nitrogen and oxygen atoms in total. The van der Waals surface area contributed by atoms with Gasteiger partial charge >= 0.3 is 0 Å². The van der Waals surface area contributed by atoms with Crippen molar-refractivity contribution in [2.45, 2.75) is 0 Å². The van der Waals surface area contributed by atoms with Gasteiger partial charge < -0.3 is 19.2 Å². The second kappa shape index (κ2) is 8.53. The fourth-order valence-electron chi connectivity index (χ4n) is 3.08. The van der Waals surface area contributed by atoms with Crippen LogP contribution in [0.25, 0.3) is 16.9 Å². The average molecular weight is 399 g/mol. The number of pyridine rings is 1. The van der Waals surface area contributed by atoms with E-state index in [1.54, 1.807) is 24.3 Å². The van der Waals surface area contributed by atoms with Crippen LogP contribution in [0.2, 0.25) is 0 Å². The number of carbonyl (C=O) groups is 1. The molecule has 150 valence electrons. The number of aromatic nitrogens is 2. The molecule has 0 bridgehead atoms. The zero-order valence-corrected chi connectivity index (χ0v) is 16.5. The van der Waals surface area contributed by atoms with E-state index >= 15 is 0 Å². The van der Waals surface area contributed by atoms with Gasteiger partial charge in [-0.15, -0.1) is 0 Å². The zero-order chi connectivity index (χ0) is 20.9. The molecule has 1 N–H and O–H groups in total. The van der Waals surface area contributed by atoms with Gasteiger partial charge in [-0.2, -0.15) is 0 Å². The van der Waals surface area contributed by atoms with Gasteiger partial charge in [0.25, 0.3) is 5.91 Å². The van der Waals surface area contributed by atoms with E-state index in [-0.39, 0.29) is 5.91 Å². The van der Waals surface area contributed by atoms with E-state index < -0.39 is 0 Å². The zero-order valence-electron chi connectivity index (χ0n) is 16.5. The van der Waals surface area contributed by atoms with Crippen LogP contribution in [-0.4, -0.2) is 29.0 Å². The summed E-state index contributed by atoms with van der Waals surface area (Å²) in [6.07, 6.45) is 5.59. The molecular formula is C24H21N3O3. The molecule has 4 rings (SSSR count). The Balaban J connectivity index is 1.49. The highest BCUT2D eigenvalue weighted by molar-refractivity contribution is 6.04. The molecule has 0 aliphatic carbocycles. The first-order valence-corrected chi connectivity index (χ1v) is 9.45. The van der Waals surface area contributed by atoms with Crippen LogP contribution < -0.4 is 14.8 Å². The van der Waals surface area contributed by atoms with E-state index in [0.717, 1.165) is 16.9 Å². The van der Waals surface area contributed by atoms with Crippen molar-refractivity contribution >= 4 is 17.2 Å². The SMILES string of the molecule is C=CCOc1ccc(C(=O)Nc2ccc(-c3cn4ccccc4n3)cc2)cc1OC. The highest BCUT2D eigenvalue weighted by Crippen LogP contribution is 2.28. The van der Waals surface area contributed by atoms with Crippen LogP contribution in [0.4, 0.5) is 5.69 Å². The van der Waals surface area contributed by atoms with Crippen LogP contribution in [0.3, 0.4) is 0 Å². The van der Waals surface area contributed by atoms with E-state index in [2.05, 4.69) is 16.9 Å². The number of nitrogens with zero attached hydrogens (tertiary/aromatic N) is 2. The Kier molecular flexibility index (Phi) is 5.48. The number of benzene rings is 2. The molecule has 0 saturated carbocycles. The maximum atomic E-state index is 12.6. The van der Waals surface area contributed by atoms with Crippen LogP contribution in [-0.2, 0) is 0 Å². The minimum atomic E-state index is -0.232. The van der Waals surface area contributed by atoms with Crippen molar-refractivity contribution in [2.75, 3.05) is 19.0 Å². The summed E-state index contributed by atoms with van der Waals surface area (Å²) < 4.78 is 12.8. The van der Waals surface area contributed by atoms with Crippen molar-refractivity contribution in [3.63, 3.8) is 0 Å². The Bertz CT molecular complexity index is 1160. The van der Waals surface area contributed by atoms with Crippen molar-refractivity contribution in [1.82, 2.24) is 9.38 Å². The van der Waals surface area contributed by atoms with Crippen molar-refractivity contribution in [1.29, 1.82) is 0 Å². The normalized spacial score (nSPS) is 10.6. The summed E-state index contributed by atoms with van der Waals surface area (Å²) in [6, 6.07) is 18.5. The lowest BCUT2D eigenvalue weighted by molar-refractivity contribution is 0.102. The van der Waals surface area contributed by atoms with Crippen LogP contribution >= 0.6 is 0 Å². The first-order chi connectivity index (χ1) is 14.7. The second-order valence-electron chi connectivity index (χ2n) is 6.59. The van der Waals surface area contributed by atoms with Gasteiger partial charge in [0.15, 0.2) is 11.5 Å². The molecule has 1 amide bonds. The molecule has 2 aromatic heterocycles. The minimum Gasteiger partial charge on any atom is -0.493 e. The van der Waals surface area contributed by atoms with E-state index in [4.69, 9.17) is 9.47 Å². The number of anilines is 1. The topological polar surface area (TPSA) is 64.9 Å². The van der Waals surface area contributed by atoms with Crippen molar-refractivity contribution in [3.05, 3.63) is 91.3 Å². The summed E-state index contributed by atoms with van der Waals surface area (Å²) >= 11 is 0. The van der Waals surface area contributed by atoms with Crippen molar-refractivity contribution < 1.29 is 14.3 Å². The molecule has 30 heavy (non-hydrogen) atoms. The molecule has 0 radical (unpaired) electrons. The lowest BCUT2D eigenvalue weighted by Crippen LogP contribution is -2.12. The number of ether oxygens (including phenoxy) is 2. The predicted octanol–water partition coefficient (Wildman–Crippen LogP) is 4.83. The van der Waals surface area contributed by atoms with E-state index in [9.17, 15) is 4.79 Å². The van der Waals surface area contributed by atoms with Gasteiger partial charge in [-0.25, -0.2) is 4.98 Å². The maximum absolute atomic E-state index is 12.6. The first-order valence-electron chi connectivity index (χ1n) is 9.45. The highest BCUT2D eigenvalue weighted by Gasteiger charge is 2.12. The maximum Gasteiger partial charge on any atom is 0.255 e. The van der Waals surface area contributed by atoms with Crippen LogP contribution in [0, 0.1) is 0 Å². The smallest absolute Gasteiger partial charge is 0.255 e. The molecule has 2 heterocycles. The number of hydrogen-bond donors (Lipinski definition) is 1. The number of rotatable bonds is 7. The number of carbonyl (C=O) groups excluding carboxylic acids is 1. The molecule has 0 aliphatic rings. The van der Waals surface area contributed by atoms with Crippen LogP contribution in [0.1, 0.15) is 10.4 Å². The summed E-state index contributed by atoms with van der Waals surface area (Å²) in [6.45, 7) is 3.99. The number of hydrogen-bond acceptors (Lipinski definition) is 4. The Hall–Kier alpha value is -4.06. The third kappa shape index (κ3) is 4.03. The lowest BCUT2D eigenvalue weighted by Gasteiger charge is -2.11. The molecule has 2 aromatic carbocycles. The monoisotopic (exact) mass is 399 g/mol. The summed E-state index contributed by atoms with van der Waals surface area (Å²) in [5.41, 5.74) is 3.90. The number of fused-ring (bicyclic) bond motifs is 1. The summed E-state index contributed by atoms with van der Waals surface area (Å²) in [5.74, 6) is 0.821. The molecule has 0 spiro atoms. The van der Waals surface area contributed by atoms with E-state index in [1.165, 1.54) is 7.11 Å². The number of imidazole rings is 1. The number of methoxy groups -OCH3 is 1. The van der Waals surface area contributed by atoms with Gasteiger partial charge in [0.2, 0.25) is 0 Å². The molecule has 6 heteroatoms. The van der Waals surface area contributed by atoms with Gasteiger partial charge in [-0.1, -0.05) is 30.9 Å². The third-order valence-corrected chi connectivity index (χ3v) is 4.59. The summed E-state index contributed by atoms with van der Waals surface area (Å²) in [7, 11) is 1.54. The first kappa shape index (κ1) is 19.3. The molecule has 0 atom stereocenters. The second-order valence-corrected chi connectivity index (χ2v) is 6.59. The molecule has 0 saturated heterocycles. The van der Waals surface area contributed by atoms with Gasteiger partial charge in [0.05, 0.1) is 12.8 Å². The van der Waals surface area contributed by atoms with Gasteiger partial charge in [-0.05, 0) is 42.5 Å². The van der Waals surface area contributed by atoms with E-state index in [1.807, 2.05) is 59.3 Å². The Labute approximate surface area is 174 Å². The Morgan fingerprint density at radius 3 is 2.70 bits per heavy atom. The Morgan fingerprint density at radius 1 is 1.13 bits per heavy atom. The Morgan fingerprint density at radius 2 is 1.97 bits per heavy atom. The number of nitrogens with one attached hydrogen (secondary N) is 1. The predicted molar refractivity (Wildman–Crippen MR) is 117 cm³/mol. The summed E-state index contributed by atoms with van der Waals surface area (Å²) in [4.78, 5) is 17.3. The average Bonchev–Trinajstić information content (AvgIpc) is 3.22. The minimum absolute atomic E-state index is 0.232. The largest absolute Gasteiger partial charge is 0.493 e. The van der Waals surface area contributed by atoms with Gasteiger partial charge in [-0.3, -0.25) is 4.79 Å². The van der Waals surface area contributed by atoms with E-state index in [0.29, 0.717) is 29.4 Å². The van der Waals surface area contributed by atoms with Crippen LogP contribution in [0.15, 0.2) is 85.7 Å². The molecule has 0 aliphatic heterocycles. The fraction of sp³-hybridized carbons (Fsp3) is 0.0833. The van der Waals surface area contributed by atoms with Crippen molar-refractivity contribution in [3.8, 4) is 22.8 Å². The molecular weight excluding hydrogens is 378 g/mol. The summed E-state index contributed by atoms with van der Waals surface area (Å²) in [5, 5.41) is 2.90. The third-order valence-electron chi connectivity index (χ3n) is 4.59. The molecule has 4 aromatic rings. The highest BCUT2D eigenvalue weighted by atomic mass is 16.5. The van der Waals surface area contributed by atoms with Gasteiger partial charge in [0.1, 0.15) is 12.3 Å². The molecule has 0 unspecified atom stereocenters. The lowest BCUT2D eigenvalue weighted by atomic mass is 10.1. The van der Waals surface area contributed by atoms with Gasteiger partial charge in [0, 0.05) is 29.2 Å². The van der Waals surface area contributed by atoms with Crippen molar-refractivity contribution in [2.24, 2.45) is 0 Å². The standard InChI is InChI=1S/C24H21N3O3/c1-3-14-30-21-12-9-18(15-22(21)29-2)24(28)25-19-10-7-17(8-11-19)20-16-27-13-5-4-6-23(27)26-20/h3-13,15-16H,1,14H2,2H3,(H,25,28). The molecule has 0 fully saturated rings.